The van der Waals surface area contributed by atoms with Crippen molar-refractivity contribution in [2.45, 2.75) is 38.2 Å². The van der Waals surface area contributed by atoms with Gasteiger partial charge < -0.3 is 9.84 Å². The maximum Gasteiger partial charge on any atom is 0.438 e. The molecule has 0 aromatic carbocycles. The lowest BCUT2D eigenvalue weighted by Gasteiger charge is -2.33. The third-order valence-corrected chi connectivity index (χ3v) is 3.61. The van der Waals surface area contributed by atoms with Crippen LogP contribution in [0.3, 0.4) is 0 Å². The van der Waals surface area contributed by atoms with Gasteiger partial charge in [0, 0.05) is 12.1 Å². The molecule has 1 aromatic heterocycles. The van der Waals surface area contributed by atoms with E-state index in [4.69, 9.17) is 4.74 Å². The number of halogens is 3. The molecule has 1 aliphatic heterocycles. The molecule has 0 fully saturated rings. The molecular formula is C12H14F3N5O5. The third-order valence-electron chi connectivity index (χ3n) is 3.61. The van der Waals surface area contributed by atoms with Gasteiger partial charge in [-0.15, -0.1) is 5.10 Å². The fourth-order valence-corrected chi connectivity index (χ4v) is 2.30. The second-order valence-corrected chi connectivity index (χ2v) is 5.41. The molecule has 0 spiro atoms. The number of nitro groups is 1. The molecule has 138 valence electrons. The van der Waals surface area contributed by atoms with Gasteiger partial charge in [0.15, 0.2) is 0 Å². The molecule has 25 heavy (non-hydrogen) atoms. The molecular weight excluding hydrogens is 351 g/mol. The Balaban J connectivity index is 2.38. The molecule has 0 saturated heterocycles. The Kier molecular flexibility index (Phi) is 4.46. The molecule has 0 aliphatic carbocycles. The zero-order valence-corrected chi connectivity index (χ0v) is 13.3. The van der Waals surface area contributed by atoms with Gasteiger partial charge in [0.2, 0.25) is 0 Å². The molecule has 0 saturated carbocycles. The van der Waals surface area contributed by atoms with Gasteiger partial charge in [-0.3, -0.25) is 14.9 Å². The highest BCUT2D eigenvalue weighted by molar-refractivity contribution is 5.90. The first-order valence-corrected chi connectivity index (χ1v) is 6.87. The summed E-state index contributed by atoms with van der Waals surface area (Å²) >= 11 is 0. The number of amides is 1. The topological polar surface area (TPSA) is 123 Å². The van der Waals surface area contributed by atoms with Crippen LogP contribution in [0.4, 0.5) is 18.9 Å². The van der Waals surface area contributed by atoms with Gasteiger partial charge in [-0.05, 0) is 13.8 Å². The number of hydrogen-bond donors (Lipinski definition) is 1. The second-order valence-electron chi connectivity index (χ2n) is 5.41. The highest BCUT2D eigenvalue weighted by atomic mass is 19.4. The Bertz CT molecular complexity index is 746. The summed E-state index contributed by atoms with van der Waals surface area (Å²) in [5.41, 5.74) is -4.13. The fourth-order valence-electron chi connectivity index (χ4n) is 2.30. The minimum absolute atomic E-state index is 0.0625. The van der Waals surface area contributed by atoms with Crippen LogP contribution in [0, 0.1) is 10.1 Å². The van der Waals surface area contributed by atoms with Crippen molar-refractivity contribution in [2.75, 3.05) is 7.11 Å². The lowest BCUT2D eigenvalue weighted by molar-refractivity contribution is -0.385. The van der Waals surface area contributed by atoms with Gasteiger partial charge in [-0.25, -0.2) is 4.68 Å². The normalized spacial score (nSPS) is 21.9. The molecule has 1 aromatic rings. The zero-order valence-electron chi connectivity index (χ0n) is 13.3. The summed E-state index contributed by atoms with van der Waals surface area (Å²) < 4.78 is 45.0. The quantitative estimate of drug-likeness (QED) is 0.632. The van der Waals surface area contributed by atoms with Crippen LogP contribution in [0.1, 0.15) is 26.3 Å². The van der Waals surface area contributed by atoms with Gasteiger partial charge in [-0.2, -0.15) is 23.3 Å². The average Bonchev–Trinajstić information content (AvgIpc) is 3.06. The number of hydrogen-bond acceptors (Lipinski definition) is 7. The van der Waals surface area contributed by atoms with Crippen LogP contribution in [0.25, 0.3) is 0 Å². The molecule has 0 bridgehead atoms. The largest absolute Gasteiger partial charge is 0.475 e. The van der Waals surface area contributed by atoms with Crippen molar-refractivity contribution in [3.8, 4) is 5.88 Å². The van der Waals surface area contributed by atoms with Crippen LogP contribution in [0.5, 0.6) is 5.88 Å². The molecule has 1 N–H and O–H groups in total. The fraction of sp³-hybridized carbons (Fsp3) is 0.583. The zero-order chi connectivity index (χ0) is 19.2. The first-order chi connectivity index (χ1) is 11.4. The average molecular weight is 365 g/mol. The molecule has 0 radical (unpaired) electrons. The summed E-state index contributed by atoms with van der Waals surface area (Å²) in [4.78, 5) is 22.5. The maximum atomic E-state index is 13.2. The van der Waals surface area contributed by atoms with Crippen molar-refractivity contribution < 1.29 is 32.7 Å². The smallest absolute Gasteiger partial charge is 0.438 e. The van der Waals surface area contributed by atoms with Gasteiger partial charge in [0.25, 0.3) is 11.6 Å². The van der Waals surface area contributed by atoms with Crippen LogP contribution < -0.4 is 4.74 Å². The van der Waals surface area contributed by atoms with E-state index in [2.05, 4.69) is 10.2 Å². The van der Waals surface area contributed by atoms with E-state index in [0.717, 1.165) is 18.0 Å². The highest BCUT2D eigenvalue weighted by Crippen LogP contribution is 2.41. The minimum Gasteiger partial charge on any atom is -0.475 e. The summed E-state index contributed by atoms with van der Waals surface area (Å²) in [6.07, 6.45) is -5.18. The van der Waals surface area contributed by atoms with Gasteiger partial charge >= 0.3 is 17.7 Å². The number of carbonyl (C=O) groups is 1. The monoisotopic (exact) mass is 365 g/mol. The lowest BCUT2D eigenvalue weighted by Crippen LogP contribution is -2.57. The van der Waals surface area contributed by atoms with Gasteiger partial charge in [0.1, 0.15) is 12.2 Å². The van der Waals surface area contributed by atoms with E-state index in [-0.39, 0.29) is 10.7 Å². The number of methoxy groups -OCH3 is 1. The van der Waals surface area contributed by atoms with Crippen molar-refractivity contribution in [3.05, 3.63) is 16.3 Å². The van der Waals surface area contributed by atoms with E-state index >= 15 is 0 Å². The molecule has 1 aliphatic rings. The van der Waals surface area contributed by atoms with Crippen LogP contribution >= 0.6 is 0 Å². The van der Waals surface area contributed by atoms with Crippen molar-refractivity contribution >= 4 is 17.3 Å². The Morgan fingerprint density at radius 1 is 1.56 bits per heavy atom. The first kappa shape index (κ1) is 18.6. The number of nitrogens with zero attached hydrogens (tertiary/aromatic N) is 5. The van der Waals surface area contributed by atoms with E-state index in [1.165, 1.54) is 13.8 Å². The van der Waals surface area contributed by atoms with Crippen LogP contribution in [-0.4, -0.2) is 55.4 Å². The molecule has 1 amide bonds. The van der Waals surface area contributed by atoms with Gasteiger partial charge in [-0.1, -0.05) is 0 Å². The summed E-state index contributed by atoms with van der Waals surface area (Å²) in [5.74, 6) is -1.64. The number of hydrazone groups is 1. The number of aromatic nitrogens is 2. The predicted molar refractivity (Wildman–Crippen MR) is 75.7 cm³/mol. The molecule has 10 nitrogen and oxygen atoms in total. The second kappa shape index (κ2) is 5.98. The number of ether oxygens (including phenoxy) is 1. The lowest BCUT2D eigenvalue weighted by atomic mass is 10.1. The number of aliphatic hydroxyl groups is 1. The van der Waals surface area contributed by atoms with E-state index < -0.39 is 46.8 Å². The highest BCUT2D eigenvalue weighted by Gasteiger charge is 2.63. The summed E-state index contributed by atoms with van der Waals surface area (Å²) in [7, 11) is 1.11. The van der Waals surface area contributed by atoms with Crippen molar-refractivity contribution in [2.24, 2.45) is 5.10 Å². The molecule has 0 unspecified atom stereocenters. The standard InChI is InChI=1S/C12H14F3N5O5/c1-6-4-11(22,12(13,14)15)19(16-6)10(21)7(2)18-5-8(20(23)24)9(17-18)25-3/h5,7,22H,4H2,1-3H3/t7-,11-/m1/s1. The summed E-state index contributed by atoms with van der Waals surface area (Å²) in [6.45, 7) is 2.40. The van der Waals surface area contributed by atoms with E-state index in [1.54, 1.807) is 0 Å². The van der Waals surface area contributed by atoms with Crippen molar-refractivity contribution in [1.82, 2.24) is 14.8 Å². The Labute approximate surface area is 138 Å². The van der Waals surface area contributed by atoms with Crippen LogP contribution in [-0.2, 0) is 4.79 Å². The molecule has 2 heterocycles. The molecule has 13 heteroatoms. The minimum atomic E-state index is -5.14. The van der Waals surface area contributed by atoms with Crippen molar-refractivity contribution in [3.63, 3.8) is 0 Å². The first-order valence-electron chi connectivity index (χ1n) is 6.87. The number of rotatable bonds is 4. The summed E-state index contributed by atoms with van der Waals surface area (Å²) in [6, 6.07) is -1.41. The van der Waals surface area contributed by atoms with Crippen molar-refractivity contribution in [1.29, 1.82) is 0 Å². The Hall–Kier alpha value is -2.70. The Morgan fingerprint density at radius 3 is 2.60 bits per heavy atom. The molecule has 2 atom stereocenters. The number of alkyl halides is 3. The van der Waals surface area contributed by atoms with E-state index in [9.17, 15) is 33.2 Å². The maximum absolute atomic E-state index is 13.2. The van der Waals surface area contributed by atoms with E-state index in [0.29, 0.717) is 0 Å². The molecule has 2 rings (SSSR count). The van der Waals surface area contributed by atoms with Crippen LogP contribution in [0.2, 0.25) is 0 Å². The number of carbonyl (C=O) groups excluding carboxylic acids is 1. The SMILES string of the molecule is COc1nn([C@H](C)C(=O)N2N=C(C)C[C@@]2(O)C(F)(F)F)cc1[N+](=O)[O-]. The van der Waals surface area contributed by atoms with Gasteiger partial charge in [0.05, 0.1) is 12.0 Å². The predicted octanol–water partition coefficient (Wildman–Crippen LogP) is 1.22. The van der Waals surface area contributed by atoms with Crippen LogP contribution in [0.15, 0.2) is 11.3 Å². The Morgan fingerprint density at radius 2 is 2.16 bits per heavy atom. The summed E-state index contributed by atoms with van der Waals surface area (Å²) in [5, 5.41) is 27.9. The third kappa shape index (κ3) is 3.01. The van der Waals surface area contributed by atoms with E-state index in [1.807, 2.05) is 0 Å².